The van der Waals surface area contributed by atoms with Gasteiger partial charge in [0, 0.05) is 9.30 Å². The zero-order valence-electron chi connectivity index (χ0n) is 12.6. The summed E-state index contributed by atoms with van der Waals surface area (Å²) in [4.78, 5) is 0.429. The predicted molar refractivity (Wildman–Crippen MR) is 95.0 cm³/mol. The third kappa shape index (κ3) is 6.62. The first kappa shape index (κ1) is 18.0. The molecule has 1 atom stereocenters. The first-order valence-corrected chi connectivity index (χ1v) is 9.46. The van der Waals surface area contributed by atoms with Crippen molar-refractivity contribution in [3.63, 3.8) is 0 Å². The first-order chi connectivity index (χ1) is 9.69. The average Bonchev–Trinajstić information content (AvgIpc) is 2.43. The van der Waals surface area contributed by atoms with Crippen LogP contribution in [-0.2, 0) is 0 Å². The maximum atomic E-state index is 5.51. The zero-order chi connectivity index (χ0) is 14.8. The van der Waals surface area contributed by atoms with Gasteiger partial charge in [-0.2, -0.15) is 0 Å². The molecule has 1 unspecified atom stereocenters. The summed E-state index contributed by atoms with van der Waals surface area (Å²) in [6.07, 6.45) is 9.28. The molecule has 0 aliphatic heterocycles. The maximum Gasteiger partial charge on any atom is 0.120 e. The van der Waals surface area contributed by atoms with Crippen molar-refractivity contribution in [2.75, 3.05) is 6.61 Å². The van der Waals surface area contributed by atoms with Crippen LogP contribution >= 0.6 is 31.9 Å². The van der Waals surface area contributed by atoms with Gasteiger partial charge in [-0.05, 0) is 31.0 Å². The normalized spacial score (nSPS) is 12.4. The molecule has 3 heteroatoms. The van der Waals surface area contributed by atoms with Gasteiger partial charge in [0.05, 0.1) is 6.61 Å². The molecule has 0 saturated carbocycles. The molecule has 1 aromatic carbocycles. The Morgan fingerprint density at radius 3 is 2.40 bits per heavy atom. The molecule has 0 saturated heterocycles. The number of alkyl halides is 1. The Hall–Kier alpha value is -0.0200. The summed E-state index contributed by atoms with van der Waals surface area (Å²) in [5.41, 5.74) is 1.32. The summed E-state index contributed by atoms with van der Waals surface area (Å²) in [6, 6.07) is 6.28. The van der Waals surface area contributed by atoms with Crippen LogP contribution in [0, 0.1) is 0 Å². The van der Waals surface area contributed by atoms with Gasteiger partial charge in [-0.15, -0.1) is 0 Å². The van der Waals surface area contributed by atoms with Crippen molar-refractivity contribution < 1.29 is 4.74 Å². The molecule has 0 N–H and O–H groups in total. The van der Waals surface area contributed by atoms with E-state index in [-0.39, 0.29) is 0 Å². The summed E-state index contributed by atoms with van der Waals surface area (Å²) < 4.78 is 6.65. The van der Waals surface area contributed by atoms with Crippen molar-refractivity contribution >= 4 is 31.9 Å². The van der Waals surface area contributed by atoms with Crippen molar-refractivity contribution in [1.29, 1.82) is 0 Å². The highest BCUT2D eigenvalue weighted by atomic mass is 79.9. The number of unbranched alkanes of at least 4 members (excludes halogenated alkanes) is 5. The van der Waals surface area contributed by atoms with Crippen molar-refractivity contribution in [2.24, 2.45) is 0 Å². The van der Waals surface area contributed by atoms with Crippen LogP contribution in [0.4, 0.5) is 0 Å². The lowest BCUT2D eigenvalue weighted by atomic mass is 10.0. The molecule has 1 nitrogen and oxygen atoms in total. The van der Waals surface area contributed by atoms with Crippen LogP contribution in [-0.4, -0.2) is 6.61 Å². The molecule has 114 valence electrons. The molecule has 0 aliphatic rings. The molecule has 1 rings (SSSR count). The number of hydrogen-bond donors (Lipinski definition) is 0. The van der Waals surface area contributed by atoms with Crippen LogP contribution in [0.5, 0.6) is 5.75 Å². The average molecular weight is 406 g/mol. The van der Waals surface area contributed by atoms with E-state index in [9.17, 15) is 0 Å². The molecule has 0 aromatic heterocycles. The fourth-order valence-electron chi connectivity index (χ4n) is 2.28. The second kappa shape index (κ2) is 10.7. The lowest BCUT2D eigenvalue weighted by molar-refractivity contribution is 0.340. The van der Waals surface area contributed by atoms with Crippen molar-refractivity contribution in [3.05, 3.63) is 28.2 Å². The Bertz CT molecular complexity index is 379. The Morgan fingerprint density at radius 1 is 1.05 bits per heavy atom. The molecule has 0 bridgehead atoms. The van der Waals surface area contributed by atoms with Gasteiger partial charge in [-0.25, -0.2) is 0 Å². The highest BCUT2D eigenvalue weighted by Gasteiger charge is 2.11. The minimum absolute atomic E-state index is 0.429. The van der Waals surface area contributed by atoms with Crippen LogP contribution in [0.25, 0.3) is 0 Å². The standard InChI is InChI=1S/C17H26Br2O/c1-3-5-6-7-8-9-10-16(18)15-12-11-14(20-4-2)13-17(15)19/h11-13,16H,3-10H2,1-2H3. The molecule has 0 heterocycles. The van der Waals surface area contributed by atoms with Crippen molar-refractivity contribution in [3.8, 4) is 5.75 Å². The highest BCUT2D eigenvalue weighted by molar-refractivity contribution is 9.11. The summed E-state index contributed by atoms with van der Waals surface area (Å²) in [6.45, 7) is 4.98. The highest BCUT2D eigenvalue weighted by Crippen LogP contribution is 2.35. The fourth-order valence-corrected chi connectivity index (χ4v) is 3.94. The van der Waals surface area contributed by atoms with E-state index in [1.54, 1.807) is 0 Å². The SMILES string of the molecule is CCCCCCCCC(Br)c1ccc(OCC)cc1Br. The van der Waals surface area contributed by atoms with E-state index >= 15 is 0 Å². The molecule has 0 amide bonds. The van der Waals surface area contributed by atoms with Gasteiger partial charge in [-0.1, -0.05) is 83.4 Å². The number of hydrogen-bond acceptors (Lipinski definition) is 1. The lowest BCUT2D eigenvalue weighted by Gasteiger charge is -2.13. The van der Waals surface area contributed by atoms with E-state index < -0.39 is 0 Å². The quantitative estimate of drug-likeness (QED) is 0.299. The fraction of sp³-hybridized carbons (Fsp3) is 0.647. The van der Waals surface area contributed by atoms with E-state index in [2.05, 4.69) is 57.0 Å². The topological polar surface area (TPSA) is 9.23 Å². The molecule has 20 heavy (non-hydrogen) atoms. The summed E-state index contributed by atoms with van der Waals surface area (Å²) in [7, 11) is 0. The third-order valence-corrected chi connectivity index (χ3v) is 5.07. The number of ether oxygens (including phenoxy) is 1. The van der Waals surface area contributed by atoms with Gasteiger partial charge in [0.15, 0.2) is 0 Å². The third-order valence-electron chi connectivity index (χ3n) is 3.43. The molecule has 0 fully saturated rings. The van der Waals surface area contributed by atoms with E-state index in [0.717, 1.165) is 10.2 Å². The predicted octanol–water partition coefficient (Wildman–Crippen LogP) is 7.03. The van der Waals surface area contributed by atoms with E-state index in [4.69, 9.17) is 4.74 Å². The summed E-state index contributed by atoms with van der Waals surface area (Å²) >= 11 is 7.46. The van der Waals surface area contributed by atoms with Crippen LogP contribution in [0.15, 0.2) is 22.7 Å². The monoisotopic (exact) mass is 404 g/mol. The Balaban J connectivity index is 2.37. The van der Waals surface area contributed by atoms with Crippen LogP contribution in [0.2, 0.25) is 0 Å². The molecular formula is C17H26Br2O. The van der Waals surface area contributed by atoms with E-state index in [0.29, 0.717) is 11.4 Å². The Kier molecular flexibility index (Phi) is 9.62. The van der Waals surface area contributed by atoms with Crippen molar-refractivity contribution in [2.45, 2.75) is 63.6 Å². The first-order valence-electron chi connectivity index (χ1n) is 7.75. The number of benzene rings is 1. The Morgan fingerprint density at radius 2 is 1.75 bits per heavy atom. The van der Waals surface area contributed by atoms with Gasteiger partial charge in [0.1, 0.15) is 5.75 Å². The largest absolute Gasteiger partial charge is 0.494 e. The maximum absolute atomic E-state index is 5.51. The molecule has 0 radical (unpaired) electrons. The van der Waals surface area contributed by atoms with Gasteiger partial charge >= 0.3 is 0 Å². The smallest absolute Gasteiger partial charge is 0.120 e. The molecule has 0 aliphatic carbocycles. The van der Waals surface area contributed by atoms with Crippen LogP contribution in [0.3, 0.4) is 0 Å². The second-order valence-corrected chi connectivity index (χ2v) is 7.10. The molecule has 1 aromatic rings. The summed E-state index contributed by atoms with van der Waals surface area (Å²) in [5.74, 6) is 0.933. The number of rotatable bonds is 10. The van der Waals surface area contributed by atoms with Crippen molar-refractivity contribution in [1.82, 2.24) is 0 Å². The minimum Gasteiger partial charge on any atom is -0.494 e. The van der Waals surface area contributed by atoms with Crippen LogP contribution in [0.1, 0.15) is 69.2 Å². The van der Waals surface area contributed by atoms with Gasteiger partial charge in [0.2, 0.25) is 0 Å². The van der Waals surface area contributed by atoms with E-state index in [1.165, 1.54) is 50.5 Å². The van der Waals surface area contributed by atoms with Gasteiger partial charge < -0.3 is 4.74 Å². The van der Waals surface area contributed by atoms with Crippen LogP contribution < -0.4 is 4.74 Å². The zero-order valence-corrected chi connectivity index (χ0v) is 15.8. The molecule has 0 spiro atoms. The van der Waals surface area contributed by atoms with Gasteiger partial charge in [-0.3, -0.25) is 0 Å². The Labute approximate surface area is 140 Å². The number of halogens is 2. The second-order valence-electron chi connectivity index (χ2n) is 5.14. The summed E-state index contributed by atoms with van der Waals surface area (Å²) in [5, 5.41) is 0. The van der Waals surface area contributed by atoms with E-state index in [1.807, 2.05) is 6.92 Å². The minimum atomic E-state index is 0.429. The lowest BCUT2D eigenvalue weighted by Crippen LogP contribution is -1.95. The van der Waals surface area contributed by atoms with Gasteiger partial charge in [0.25, 0.3) is 0 Å². The molecular weight excluding hydrogens is 380 g/mol.